The van der Waals surface area contributed by atoms with E-state index in [0.29, 0.717) is 6.42 Å². The van der Waals surface area contributed by atoms with Crippen molar-refractivity contribution in [3.8, 4) is 0 Å². The number of alkyl halides is 3. The molecular weight excluding hydrogens is 253 g/mol. The van der Waals surface area contributed by atoms with Crippen LogP contribution in [0.3, 0.4) is 0 Å². The van der Waals surface area contributed by atoms with Gasteiger partial charge in [-0.05, 0) is 12.8 Å². The van der Waals surface area contributed by atoms with Crippen molar-refractivity contribution in [1.29, 1.82) is 0 Å². The first kappa shape index (κ1) is 15.6. The Labute approximate surface area is 91.3 Å². The first-order valence-electron chi connectivity index (χ1n) is 4.45. The van der Waals surface area contributed by atoms with Crippen molar-refractivity contribution in [2.75, 3.05) is 26.4 Å². The van der Waals surface area contributed by atoms with Crippen molar-refractivity contribution in [2.45, 2.75) is 18.3 Å². The molecule has 0 saturated heterocycles. The maximum absolute atomic E-state index is 11.7. The monoisotopic (exact) mass is 266 g/mol. The second-order valence-corrected chi connectivity index (χ2v) is 4.37. The lowest BCUT2D eigenvalue weighted by atomic mass is 10.5. The highest BCUT2D eigenvalue weighted by Gasteiger charge is 2.47. The van der Waals surface area contributed by atoms with Gasteiger partial charge in [-0.1, -0.05) is 0 Å². The third kappa shape index (κ3) is 6.26. The molecule has 9 heteroatoms. The van der Waals surface area contributed by atoms with Crippen molar-refractivity contribution in [3.63, 3.8) is 0 Å². The van der Waals surface area contributed by atoms with E-state index in [4.69, 9.17) is 9.84 Å². The van der Waals surface area contributed by atoms with Crippen molar-refractivity contribution < 1.29 is 35.6 Å². The molecule has 0 amide bonds. The fraction of sp³-hybridized carbons (Fsp3) is 1.00. The lowest BCUT2D eigenvalue weighted by Crippen LogP contribution is -2.26. The summed E-state index contributed by atoms with van der Waals surface area (Å²) in [7, 11) is -5.49. The van der Waals surface area contributed by atoms with Gasteiger partial charge in [-0.25, -0.2) is 0 Å². The number of aliphatic hydroxyl groups is 1. The standard InChI is InChI=1S/C7H13F3O5S/c8-7(9,10)16(12,13)15-6-2-5-14-4-1-3-11/h11H,1-6H2. The van der Waals surface area contributed by atoms with E-state index in [0.717, 1.165) is 0 Å². The Hall–Kier alpha value is -0.380. The number of rotatable bonds is 8. The summed E-state index contributed by atoms with van der Waals surface area (Å²) in [6, 6.07) is 0. The van der Waals surface area contributed by atoms with E-state index in [9.17, 15) is 21.6 Å². The van der Waals surface area contributed by atoms with E-state index in [1.807, 2.05) is 0 Å². The Kier molecular flexibility index (Phi) is 6.88. The predicted molar refractivity (Wildman–Crippen MR) is 48.1 cm³/mol. The third-order valence-corrected chi connectivity index (χ3v) is 2.45. The average molecular weight is 266 g/mol. The Morgan fingerprint density at radius 2 is 1.62 bits per heavy atom. The number of ether oxygens (including phenoxy) is 1. The zero-order valence-electron chi connectivity index (χ0n) is 8.36. The molecule has 0 heterocycles. The molecule has 0 spiro atoms. The summed E-state index contributed by atoms with van der Waals surface area (Å²) in [5.74, 6) is 0. The van der Waals surface area contributed by atoms with Crippen molar-refractivity contribution in [2.24, 2.45) is 0 Å². The number of halogens is 3. The molecule has 0 fully saturated rings. The summed E-state index contributed by atoms with van der Waals surface area (Å²) in [5.41, 5.74) is -5.38. The molecule has 0 aromatic carbocycles. The minimum atomic E-state index is -5.49. The van der Waals surface area contributed by atoms with Crippen LogP contribution in [0, 0.1) is 0 Å². The van der Waals surface area contributed by atoms with Crippen molar-refractivity contribution >= 4 is 10.1 Å². The van der Waals surface area contributed by atoms with Gasteiger partial charge in [-0.2, -0.15) is 21.6 Å². The normalized spacial score (nSPS) is 13.0. The zero-order chi connectivity index (χ0) is 12.7. The smallest absolute Gasteiger partial charge is 0.396 e. The first-order chi connectivity index (χ1) is 7.31. The van der Waals surface area contributed by atoms with Crippen LogP contribution >= 0.6 is 0 Å². The van der Waals surface area contributed by atoms with Crippen molar-refractivity contribution in [1.82, 2.24) is 0 Å². The van der Waals surface area contributed by atoms with E-state index in [-0.39, 0.29) is 26.2 Å². The summed E-state index contributed by atoms with van der Waals surface area (Å²) < 4.78 is 64.5. The van der Waals surface area contributed by atoms with Crippen LogP contribution in [0.15, 0.2) is 0 Å². The average Bonchev–Trinajstić information content (AvgIpc) is 2.14. The van der Waals surface area contributed by atoms with Crippen molar-refractivity contribution in [3.05, 3.63) is 0 Å². The van der Waals surface area contributed by atoms with Gasteiger partial charge < -0.3 is 9.84 Å². The van der Waals surface area contributed by atoms with Gasteiger partial charge in [-0.15, -0.1) is 0 Å². The molecule has 0 aliphatic carbocycles. The number of hydrogen-bond donors (Lipinski definition) is 1. The van der Waals surface area contributed by atoms with Gasteiger partial charge in [0.15, 0.2) is 0 Å². The highest BCUT2D eigenvalue weighted by atomic mass is 32.2. The minimum absolute atomic E-state index is 0.0285. The molecule has 16 heavy (non-hydrogen) atoms. The van der Waals surface area contributed by atoms with Crippen LogP contribution in [-0.2, 0) is 19.0 Å². The minimum Gasteiger partial charge on any atom is -0.396 e. The van der Waals surface area contributed by atoms with Gasteiger partial charge >= 0.3 is 15.6 Å². The zero-order valence-corrected chi connectivity index (χ0v) is 9.18. The molecule has 0 rings (SSSR count). The summed E-state index contributed by atoms with van der Waals surface area (Å²) in [5, 5.41) is 8.36. The van der Waals surface area contributed by atoms with Gasteiger partial charge in [0.1, 0.15) is 0 Å². The quantitative estimate of drug-likeness (QED) is 0.396. The molecule has 0 aliphatic rings. The topological polar surface area (TPSA) is 72.8 Å². The molecule has 0 unspecified atom stereocenters. The summed E-state index contributed by atoms with van der Waals surface area (Å²) in [6.45, 7) is -0.282. The van der Waals surface area contributed by atoms with Crippen LogP contribution < -0.4 is 0 Å². The third-order valence-electron chi connectivity index (χ3n) is 1.40. The summed E-state index contributed by atoms with van der Waals surface area (Å²) in [6.07, 6.45) is 0.447. The second kappa shape index (κ2) is 7.05. The van der Waals surface area contributed by atoms with Crippen LogP contribution in [0.5, 0.6) is 0 Å². The molecule has 0 radical (unpaired) electrons. The first-order valence-corrected chi connectivity index (χ1v) is 5.86. The van der Waals surface area contributed by atoms with Gasteiger partial charge in [0.25, 0.3) is 0 Å². The molecule has 5 nitrogen and oxygen atoms in total. The van der Waals surface area contributed by atoms with Gasteiger partial charge in [0, 0.05) is 19.8 Å². The van der Waals surface area contributed by atoms with E-state index in [1.54, 1.807) is 0 Å². The van der Waals surface area contributed by atoms with E-state index in [2.05, 4.69) is 4.18 Å². The molecule has 0 aromatic heterocycles. The predicted octanol–water partition coefficient (Wildman–Crippen LogP) is 0.642. The number of aliphatic hydroxyl groups excluding tert-OH is 1. The molecule has 0 bridgehead atoms. The van der Waals surface area contributed by atoms with E-state index < -0.39 is 22.2 Å². The maximum Gasteiger partial charge on any atom is 0.523 e. The van der Waals surface area contributed by atoms with Crippen LogP contribution in [0.1, 0.15) is 12.8 Å². The fourth-order valence-corrected chi connectivity index (χ4v) is 1.14. The van der Waals surface area contributed by atoms with Gasteiger partial charge in [0.05, 0.1) is 6.61 Å². The lowest BCUT2D eigenvalue weighted by Gasteiger charge is -2.08. The van der Waals surface area contributed by atoms with Crippen LogP contribution in [-0.4, -0.2) is 45.5 Å². The van der Waals surface area contributed by atoms with Gasteiger partial charge in [-0.3, -0.25) is 4.18 Å². The van der Waals surface area contributed by atoms with Gasteiger partial charge in [0.2, 0.25) is 0 Å². The molecule has 0 aromatic rings. The highest BCUT2D eigenvalue weighted by molar-refractivity contribution is 7.87. The summed E-state index contributed by atoms with van der Waals surface area (Å²) in [4.78, 5) is 0. The molecule has 0 aliphatic heterocycles. The number of hydrogen-bond acceptors (Lipinski definition) is 5. The molecule has 1 N–H and O–H groups in total. The fourth-order valence-electron chi connectivity index (χ4n) is 0.665. The molecule has 0 saturated carbocycles. The lowest BCUT2D eigenvalue weighted by molar-refractivity contribution is -0.0546. The SMILES string of the molecule is O=S(=O)(OCCCOCCCO)C(F)(F)F. The molecule has 98 valence electrons. The Morgan fingerprint density at radius 3 is 2.12 bits per heavy atom. The maximum atomic E-state index is 11.7. The summed E-state index contributed by atoms with van der Waals surface area (Å²) >= 11 is 0. The second-order valence-electron chi connectivity index (χ2n) is 2.76. The molecular formula is C7H13F3O5S. The van der Waals surface area contributed by atoms with E-state index in [1.165, 1.54) is 0 Å². The van der Waals surface area contributed by atoms with Crippen LogP contribution in [0.25, 0.3) is 0 Å². The Morgan fingerprint density at radius 1 is 1.06 bits per heavy atom. The largest absolute Gasteiger partial charge is 0.523 e. The Balaban J connectivity index is 3.60. The van der Waals surface area contributed by atoms with Crippen LogP contribution in [0.4, 0.5) is 13.2 Å². The van der Waals surface area contributed by atoms with E-state index >= 15 is 0 Å². The Bertz CT molecular complexity index is 274. The molecule has 0 atom stereocenters. The van der Waals surface area contributed by atoms with Crippen LogP contribution in [0.2, 0.25) is 0 Å². The highest BCUT2D eigenvalue weighted by Crippen LogP contribution is 2.24.